The molecule has 3 rings (SSSR count). The summed E-state index contributed by atoms with van der Waals surface area (Å²) in [4.78, 5) is 12.3. The molecule has 9 heteroatoms. The van der Waals surface area contributed by atoms with Crippen LogP contribution in [-0.4, -0.2) is 21.4 Å². The van der Waals surface area contributed by atoms with Crippen molar-refractivity contribution in [3.63, 3.8) is 0 Å². The molecular formula is C21H18F2N2O4S. The summed E-state index contributed by atoms with van der Waals surface area (Å²) in [6.45, 7) is -0.0945. The fourth-order valence-corrected chi connectivity index (χ4v) is 3.69. The Hall–Kier alpha value is -3.30. The van der Waals surface area contributed by atoms with Gasteiger partial charge in [-0.25, -0.2) is 21.9 Å². The van der Waals surface area contributed by atoms with Crippen LogP contribution in [0.1, 0.15) is 15.9 Å². The zero-order valence-electron chi connectivity index (χ0n) is 15.9. The molecule has 0 saturated heterocycles. The van der Waals surface area contributed by atoms with Crippen LogP contribution in [-0.2, 0) is 16.6 Å². The van der Waals surface area contributed by atoms with Gasteiger partial charge in [-0.05, 0) is 48.0 Å². The predicted octanol–water partition coefficient (Wildman–Crippen LogP) is 3.70. The number of rotatable bonds is 7. The molecule has 0 bridgehead atoms. The number of amides is 1. The molecule has 0 heterocycles. The molecule has 0 unspecified atom stereocenters. The number of ether oxygens (including phenoxy) is 1. The molecule has 156 valence electrons. The average molecular weight is 432 g/mol. The normalized spacial score (nSPS) is 11.2. The number of halogens is 2. The Morgan fingerprint density at radius 1 is 1.00 bits per heavy atom. The Kier molecular flexibility index (Phi) is 6.43. The summed E-state index contributed by atoms with van der Waals surface area (Å²) >= 11 is 0. The summed E-state index contributed by atoms with van der Waals surface area (Å²) in [5, 5.41) is 2.51. The first-order valence-electron chi connectivity index (χ1n) is 8.78. The fraction of sp³-hybridized carbons (Fsp3) is 0.0952. The topological polar surface area (TPSA) is 84.5 Å². The van der Waals surface area contributed by atoms with Crippen LogP contribution < -0.4 is 14.8 Å². The minimum atomic E-state index is -4.04. The van der Waals surface area contributed by atoms with Gasteiger partial charge in [0.25, 0.3) is 5.91 Å². The van der Waals surface area contributed by atoms with Gasteiger partial charge in [-0.1, -0.05) is 24.3 Å². The molecule has 30 heavy (non-hydrogen) atoms. The lowest BCUT2D eigenvalue weighted by Crippen LogP contribution is -2.24. The van der Waals surface area contributed by atoms with Crippen molar-refractivity contribution in [1.82, 2.24) is 4.72 Å². The summed E-state index contributed by atoms with van der Waals surface area (Å²) in [7, 11) is -2.62. The number of para-hydroxylation sites is 2. The van der Waals surface area contributed by atoms with Gasteiger partial charge in [-0.15, -0.1) is 0 Å². The third kappa shape index (κ3) is 5.00. The third-order valence-corrected chi connectivity index (χ3v) is 5.63. The number of methoxy groups -OCH3 is 1. The van der Waals surface area contributed by atoms with Crippen LogP contribution >= 0.6 is 0 Å². The molecule has 2 N–H and O–H groups in total. The smallest absolute Gasteiger partial charge is 0.258 e. The van der Waals surface area contributed by atoms with Gasteiger partial charge in [-0.3, -0.25) is 4.79 Å². The molecule has 3 aromatic carbocycles. The maximum Gasteiger partial charge on any atom is 0.258 e. The minimum Gasteiger partial charge on any atom is -0.495 e. The minimum absolute atomic E-state index is 0.0945. The van der Waals surface area contributed by atoms with E-state index in [2.05, 4.69) is 10.0 Å². The van der Waals surface area contributed by atoms with Gasteiger partial charge in [-0.2, -0.15) is 0 Å². The molecular weight excluding hydrogens is 414 g/mol. The Bertz CT molecular complexity index is 1170. The van der Waals surface area contributed by atoms with E-state index in [0.29, 0.717) is 17.0 Å². The van der Waals surface area contributed by atoms with Crippen molar-refractivity contribution in [2.24, 2.45) is 0 Å². The van der Waals surface area contributed by atoms with Crippen molar-refractivity contribution in [3.05, 3.63) is 89.5 Å². The molecule has 0 aliphatic heterocycles. The highest BCUT2D eigenvalue weighted by atomic mass is 32.2. The van der Waals surface area contributed by atoms with Gasteiger partial charge in [0.15, 0.2) is 0 Å². The van der Waals surface area contributed by atoms with E-state index >= 15 is 0 Å². The molecule has 0 aromatic heterocycles. The summed E-state index contributed by atoms with van der Waals surface area (Å²) in [5.74, 6) is -1.77. The van der Waals surface area contributed by atoms with Crippen LogP contribution in [0.4, 0.5) is 14.5 Å². The van der Waals surface area contributed by atoms with E-state index in [1.54, 1.807) is 24.3 Å². The maximum absolute atomic E-state index is 14.2. The lowest BCUT2D eigenvalue weighted by Gasteiger charge is -2.12. The summed E-state index contributed by atoms with van der Waals surface area (Å²) in [6, 6.07) is 14.8. The first kappa shape index (κ1) is 21.4. The Morgan fingerprint density at radius 2 is 1.70 bits per heavy atom. The van der Waals surface area contributed by atoms with Crippen molar-refractivity contribution in [3.8, 4) is 5.75 Å². The van der Waals surface area contributed by atoms with Gasteiger partial charge >= 0.3 is 0 Å². The van der Waals surface area contributed by atoms with Crippen molar-refractivity contribution in [2.45, 2.75) is 11.4 Å². The number of benzene rings is 3. The van der Waals surface area contributed by atoms with Crippen LogP contribution in [0.25, 0.3) is 0 Å². The first-order valence-corrected chi connectivity index (χ1v) is 10.3. The zero-order valence-corrected chi connectivity index (χ0v) is 16.7. The van der Waals surface area contributed by atoms with Crippen molar-refractivity contribution in [1.29, 1.82) is 0 Å². The summed E-state index contributed by atoms with van der Waals surface area (Å²) < 4.78 is 59.8. The number of carbonyl (C=O) groups is 1. The van der Waals surface area contributed by atoms with E-state index in [1.165, 1.54) is 31.4 Å². The van der Waals surface area contributed by atoms with Crippen molar-refractivity contribution >= 4 is 21.6 Å². The van der Waals surface area contributed by atoms with Gasteiger partial charge in [0, 0.05) is 6.54 Å². The number of carbonyl (C=O) groups excluding carboxylic acids is 1. The Balaban J connectivity index is 1.81. The second kappa shape index (κ2) is 9.02. The number of hydrogen-bond donors (Lipinski definition) is 2. The molecule has 0 aliphatic rings. The predicted molar refractivity (Wildman–Crippen MR) is 108 cm³/mol. The fourth-order valence-electron chi connectivity index (χ4n) is 2.65. The number of anilines is 1. The Labute approximate surface area is 172 Å². The maximum atomic E-state index is 14.2. The molecule has 0 fully saturated rings. The Morgan fingerprint density at radius 3 is 2.40 bits per heavy atom. The highest BCUT2D eigenvalue weighted by Crippen LogP contribution is 2.24. The summed E-state index contributed by atoms with van der Waals surface area (Å²) in [6.07, 6.45) is 0. The second-order valence-corrected chi connectivity index (χ2v) is 8.01. The van der Waals surface area contributed by atoms with Crippen molar-refractivity contribution < 1.29 is 26.7 Å². The number of hydrogen-bond acceptors (Lipinski definition) is 4. The second-order valence-electron chi connectivity index (χ2n) is 6.25. The molecule has 0 radical (unpaired) electrons. The van der Waals surface area contributed by atoms with Crippen LogP contribution in [0, 0.1) is 11.6 Å². The molecule has 6 nitrogen and oxygen atoms in total. The highest BCUT2D eigenvalue weighted by molar-refractivity contribution is 7.89. The highest BCUT2D eigenvalue weighted by Gasteiger charge is 2.20. The van der Waals surface area contributed by atoms with E-state index in [4.69, 9.17) is 4.74 Å². The van der Waals surface area contributed by atoms with E-state index in [1.807, 2.05) is 0 Å². The van der Waals surface area contributed by atoms with Gasteiger partial charge in [0.05, 0.1) is 23.3 Å². The quantitative estimate of drug-likeness (QED) is 0.596. The monoisotopic (exact) mass is 432 g/mol. The van der Waals surface area contributed by atoms with E-state index in [9.17, 15) is 22.0 Å². The standard InChI is InChI=1S/C21H18F2N2O4S/c1-29-20-5-3-2-4-19(20)25-21(26)17-12-16(10-11-18(17)23)30(27,28)24-13-14-6-8-15(22)9-7-14/h2-12,24H,13H2,1H3,(H,25,26). The van der Waals surface area contributed by atoms with Crippen LogP contribution in [0.3, 0.4) is 0 Å². The van der Waals surface area contributed by atoms with E-state index in [-0.39, 0.29) is 11.4 Å². The molecule has 0 saturated carbocycles. The average Bonchev–Trinajstić information content (AvgIpc) is 2.74. The molecule has 0 atom stereocenters. The van der Waals surface area contributed by atoms with Crippen LogP contribution in [0.5, 0.6) is 5.75 Å². The molecule has 0 aliphatic carbocycles. The molecule has 1 amide bonds. The summed E-state index contributed by atoms with van der Waals surface area (Å²) in [5.41, 5.74) is 0.411. The SMILES string of the molecule is COc1ccccc1NC(=O)c1cc(S(=O)(=O)NCc2ccc(F)cc2)ccc1F. The molecule has 0 spiro atoms. The first-order chi connectivity index (χ1) is 14.3. The van der Waals surface area contributed by atoms with Gasteiger partial charge < -0.3 is 10.1 Å². The zero-order chi connectivity index (χ0) is 21.7. The largest absolute Gasteiger partial charge is 0.495 e. The van der Waals surface area contributed by atoms with Gasteiger partial charge in [0.2, 0.25) is 10.0 Å². The number of nitrogens with one attached hydrogen (secondary N) is 2. The number of sulfonamides is 1. The lowest BCUT2D eigenvalue weighted by molar-refractivity contribution is 0.102. The van der Waals surface area contributed by atoms with E-state index in [0.717, 1.165) is 18.2 Å². The van der Waals surface area contributed by atoms with E-state index < -0.39 is 33.1 Å². The van der Waals surface area contributed by atoms with Crippen LogP contribution in [0.2, 0.25) is 0 Å². The lowest BCUT2D eigenvalue weighted by atomic mass is 10.2. The van der Waals surface area contributed by atoms with Gasteiger partial charge in [0.1, 0.15) is 17.4 Å². The van der Waals surface area contributed by atoms with Crippen molar-refractivity contribution in [2.75, 3.05) is 12.4 Å². The van der Waals surface area contributed by atoms with Crippen LogP contribution in [0.15, 0.2) is 71.6 Å². The molecule has 3 aromatic rings. The third-order valence-electron chi connectivity index (χ3n) is 4.23.